The zero-order valence-electron chi connectivity index (χ0n) is 9.52. The average Bonchev–Trinajstić information content (AvgIpc) is 2.30. The van der Waals surface area contributed by atoms with Crippen LogP contribution < -0.4 is 0 Å². The molecule has 0 saturated carbocycles. The number of hydrogen-bond acceptors (Lipinski definition) is 4. The van der Waals surface area contributed by atoms with E-state index in [4.69, 9.17) is 16.3 Å². The van der Waals surface area contributed by atoms with Gasteiger partial charge in [0.2, 0.25) is 0 Å². The molecule has 0 spiro atoms. The largest absolute Gasteiger partial charge is 0.385 e. The summed E-state index contributed by atoms with van der Waals surface area (Å²) in [5.74, 6) is 1.73. The van der Waals surface area contributed by atoms with Crippen LogP contribution in [0.25, 0.3) is 0 Å². The third-order valence-corrected chi connectivity index (χ3v) is 3.55. The summed E-state index contributed by atoms with van der Waals surface area (Å²) < 4.78 is 4.94. The van der Waals surface area contributed by atoms with Gasteiger partial charge in [0.05, 0.1) is 4.92 Å². The van der Waals surface area contributed by atoms with Gasteiger partial charge in [-0.05, 0) is 23.8 Å². The van der Waals surface area contributed by atoms with E-state index in [1.165, 1.54) is 6.07 Å². The van der Waals surface area contributed by atoms with E-state index >= 15 is 0 Å². The van der Waals surface area contributed by atoms with Gasteiger partial charge in [-0.3, -0.25) is 10.1 Å². The van der Waals surface area contributed by atoms with Crippen LogP contribution in [-0.4, -0.2) is 24.4 Å². The maximum absolute atomic E-state index is 10.7. The van der Waals surface area contributed by atoms with Crippen LogP contribution in [0.3, 0.4) is 0 Å². The number of halogens is 1. The molecule has 1 rings (SSSR count). The van der Waals surface area contributed by atoms with Crippen molar-refractivity contribution < 1.29 is 9.66 Å². The Hall–Kier alpha value is -0.780. The summed E-state index contributed by atoms with van der Waals surface area (Å²) in [7, 11) is 1.67. The zero-order valence-corrected chi connectivity index (χ0v) is 11.1. The summed E-state index contributed by atoms with van der Waals surface area (Å²) >= 11 is 7.46. The molecule has 0 N–H and O–H groups in total. The van der Waals surface area contributed by atoms with Crippen LogP contribution in [0, 0.1) is 10.1 Å². The Labute approximate surface area is 109 Å². The van der Waals surface area contributed by atoms with Gasteiger partial charge in [-0.15, -0.1) is 0 Å². The number of thioether (sulfide) groups is 1. The topological polar surface area (TPSA) is 52.4 Å². The molecule has 1 aromatic carbocycles. The van der Waals surface area contributed by atoms with Crippen molar-refractivity contribution >= 4 is 29.1 Å². The number of rotatable bonds is 7. The first-order chi connectivity index (χ1) is 8.15. The molecular formula is C11H14ClNO3S. The van der Waals surface area contributed by atoms with E-state index in [2.05, 4.69) is 0 Å². The van der Waals surface area contributed by atoms with E-state index < -0.39 is 4.92 Å². The normalized spacial score (nSPS) is 10.5. The molecule has 0 aliphatic heterocycles. The van der Waals surface area contributed by atoms with E-state index in [1.54, 1.807) is 24.9 Å². The highest BCUT2D eigenvalue weighted by Crippen LogP contribution is 2.26. The third-order valence-electron chi connectivity index (χ3n) is 2.11. The molecule has 0 aliphatic carbocycles. The smallest absolute Gasteiger partial charge is 0.288 e. The van der Waals surface area contributed by atoms with Crippen LogP contribution in [0.15, 0.2) is 18.2 Å². The molecule has 0 atom stereocenters. The SMILES string of the molecule is COCCCSCc1ccc(Cl)c([N+](=O)[O-])c1. The lowest BCUT2D eigenvalue weighted by Gasteiger charge is -2.03. The minimum atomic E-state index is -0.457. The van der Waals surface area contributed by atoms with Crippen molar-refractivity contribution in [3.8, 4) is 0 Å². The van der Waals surface area contributed by atoms with Crippen molar-refractivity contribution in [2.45, 2.75) is 12.2 Å². The predicted octanol–water partition coefficient (Wildman–Crippen LogP) is 3.52. The first-order valence-corrected chi connectivity index (χ1v) is 6.68. The van der Waals surface area contributed by atoms with Gasteiger partial charge in [-0.25, -0.2) is 0 Å². The lowest BCUT2D eigenvalue weighted by atomic mass is 10.2. The Balaban J connectivity index is 2.49. The average molecular weight is 276 g/mol. The maximum Gasteiger partial charge on any atom is 0.288 e. The number of hydrogen-bond donors (Lipinski definition) is 0. The Morgan fingerprint density at radius 3 is 2.94 bits per heavy atom. The second-order valence-electron chi connectivity index (χ2n) is 3.44. The van der Waals surface area contributed by atoms with Crippen molar-refractivity contribution in [2.75, 3.05) is 19.5 Å². The Bertz CT molecular complexity index is 387. The van der Waals surface area contributed by atoms with Gasteiger partial charge in [0.15, 0.2) is 0 Å². The van der Waals surface area contributed by atoms with Crippen LogP contribution in [0.4, 0.5) is 5.69 Å². The number of nitro benzene ring substituents is 1. The highest BCUT2D eigenvalue weighted by atomic mass is 35.5. The fraction of sp³-hybridized carbons (Fsp3) is 0.455. The van der Waals surface area contributed by atoms with Gasteiger partial charge in [0.25, 0.3) is 5.69 Å². The molecule has 0 bridgehead atoms. The molecule has 0 aliphatic rings. The first-order valence-electron chi connectivity index (χ1n) is 5.14. The number of benzene rings is 1. The van der Waals surface area contributed by atoms with Crippen LogP contribution in [0.2, 0.25) is 5.02 Å². The monoisotopic (exact) mass is 275 g/mol. The second kappa shape index (κ2) is 7.53. The molecule has 6 heteroatoms. The number of nitrogens with zero attached hydrogens (tertiary/aromatic N) is 1. The molecule has 4 nitrogen and oxygen atoms in total. The molecule has 1 aromatic rings. The van der Waals surface area contributed by atoms with E-state index in [9.17, 15) is 10.1 Å². The summed E-state index contributed by atoms with van der Waals surface area (Å²) in [4.78, 5) is 10.2. The van der Waals surface area contributed by atoms with Crippen LogP contribution in [-0.2, 0) is 10.5 Å². The molecule has 0 amide bonds. The van der Waals surface area contributed by atoms with Crippen LogP contribution >= 0.6 is 23.4 Å². The van der Waals surface area contributed by atoms with Crippen LogP contribution in [0.1, 0.15) is 12.0 Å². The number of methoxy groups -OCH3 is 1. The predicted molar refractivity (Wildman–Crippen MR) is 70.8 cm³/mol. The van der Waals surface area contributed by atoms with E-state index in [0.717, 1.165) is 30.1 Å². The molecule has 0 aromatic heterocycles. The highest BCUT2D eigenvalue weighted by Gasteiger charge is 2.12. The van der Waals surface area contributed by atoms with E-state index in [1.807, 2.05) is 6.07 Å². The van der Waals surface area contributed by atoms with E-state index in [-0.39, 0.29) is 10.7 Å². The van der Waals surface area contributed by atoms with Crippen molar-refractivity contribution in [3.05, 3.63) is 38.9 Å². The first kappa shape index (κ1) is 14.3. The van der Waals surface area contributed by atoms with Gasteiger partial charge in [-0.2, -0.15) is 11.8 Å². The molecule has 0 radical (unpaired) electrons. The van der Waals surface area contributed by atoms with Gasteiger partial charge in [0.1, 0.15) is 5.02 Å². The third kappa shape index (κ3) is 4.93. The van der Waals surface area contributed by atoms with E-state index in [0.29, 0.717) is 0 Å². The maximum atomic E-state index is 10.7. The number of nitro groups is 1. The summed E-state index contributed by atoms with van der Waals surface area (Å²) in [6, 6.07) is 4.93. The van der Waals surface area contributed by atoms with Gasteiger partial charge < -0.3 is 4.74 Å². The lowest BCUT2D eigenvalue weighted by Crippen LogP contribution is -1.93. The Morgan fingerprint density at radius 1 is 1.53 bits per heavy atom. The van der Waals surface area contributed by atoms with Gasteiger partial charge in [-0.1, -0.05) is 17.7 Å². The van der Waals surface area contributed by atoms with Crippen molar-refractivity contribution in [1.82, 2.24) is 0 Å². The standard InChI is InChI=1S/C11H14ClNO3S/c1-16-5-2-6-17-8-9-3-4-10(12)11(7-9)13(14)15/h3-4,7H,2,5-6,8H2,1H3. The summed E-state index contributed by atoms with van der Waals surface area (Å²) in [6.45, 7) is 0.744. The zero-order chi connectivity index (χ0) is 12.7. The summed E-state index contributed by atoms with van der Waals surface area (Å²) in [6.07, 6.45) is 0.983. The molecule has 0 fully saturated rings. The summed E-state index contributed by atoms with van der Waals surface area (Å²) in [5, 5.41) is 10.9. The van der Waals surface area contributed by atoms with Gasteiger partial charge >= 0.3 is 0 Å². The fourth-order valence-electron chi connectivity index (χ4n) is 1.28. The molecule has 0 unspecified atom stereocenters. The fourth-order valence-corrected chi connectivity index (χ4v) is 2.35. The van der Waals surface area contributed by atoms with Crippen molar-refractivity contribution in [1.29, 1.82) is 0 Å². The Kier molecular flexibility index (Phi) is 6.32. The Morgan fingerprint density at radius 2 is 2.29 bits per heavy atom. The second-order valence-corrected chi connectivity index (χ2v) is 4.95. The highest BCUT2D eigenvalue weighted by molar-refractivity contribution is 7.98. The van der Waals surface area contributed by atoms with Crippen LogP contribution in [0.5, 0.6) is 0 Å². The number of ether oxygens (including phenoxy) is 1. The summed E-state index contributed by atoms with van der Waals surface area (Å²) in [5.41, 5.74) is 0.894. The molecule has 0 heterocycles. The quantitative estimate of drug-likeness (QED) is 0.434. The molecular weight excluding hydrogens is 262 g/mol. The van der Waals surface area contributed by atoms with Crippen molar-refractivity contribution in [2.24, 2.45) is 0 Å². The molecule has 94 valence electrons. The minimum absolute atomic E-state index is 0.0262. The lowest BCUT2D eigenvalue weighted by molar-refractivity contribution is -0.384. The minimum Gasteiger partial charge on any atom is -0.385 e. The van der Waals surface area contributed by atoms with Crippen molar-refractivity contribution in [3.63, 3.8) is 0 Å². The van der Waals surface area contributed by atoms with Gasteiger partial charge in [0, 0.05) is 25.5 Å². The molecule has 17 heavy (non-hydrogen) atoms. The molecule has 0 saturated heterocycles.